The summed E-state index contributed by atoms with van der Waals surface area (Å²) in [5, 5.41) is 0. The molecule has 29 heavy (non-hydrogen) atoms. The average molecular weight is 526 g/mol. The molecule has 1 aromatic rings. The van der Waals surface area contributed by atoms with E-state index in [0.29, 0.717) is 85.9 Å². The first-order valence-electron chi connectivity index (χ1n) is 10.1. The number of hydrogen-bond donors (Lipinski definition) is 0. The normalized spacial score (nSPS) is 11.2. The third-order valence-electron chi connectivity index (χ3n) is 3.57. The second-order valence-corrected chi connectivity index (χ2v) is 6.98. The Bertz CT molecular complexity index is 436. The number of halogens is 1. The lowest BCUT2D eigenvalue weighted by atomic mass is 10.2. The van der Waals surface area contributed by atoms with Gasteiger partial charge in [-0.2, -0.15) is 0 Å². The third kappa shape index (κ3) is 19.4. The first-order chi connectivity index (χ1) is 14.4. The standard InChI is InChI=1S/C21H35IO7/c22-6-7-23-8-9-24-10-11-25-12-13-26-14-15-27-16-17-28-18-19-29-20-21-4-2-1-3-5-21/h1-5H,6-20H2. The fourth-order valence-corrected chi connectivity index (χ4v) is 2.45. The van der Waals surface area contributed by atoms with E-state index in [0.717, 1.165) is 11.0 Å². The van der Waals surface area contributed by atoms with Crippen molar-refractivity contribution < 1.29 is 33.2 Å². The van der Waals surface area contributed by atoms with E-state index < -0.39 is 0 Å². The zero-order valence-corrected chi connectivity index (χ0v) is 19.4. The van der Waals surface area contributed by atoms with Crippen LogP contribution in [-0.4, -0.2) is 90.3 Å². The van der Waals surface area contributed by atoms with E-state index >= 15 is 0 Å². The zero-order chi connectivity index (χ0) is 20.7. The molecule has 0 unspecified atom stereocenters. The van der Waals surface area contributed by atoms with E-state index in [-0.39, 0.29) is 0 Å². The van der Waals surface area contributed by atoms with E-state index in [1.54, 1.807) is 0 Å². The minimum Gasteiger partial charge on any atom is -0.378 e. The van der Waals surface area contributed by atoms with Crippen LogP contribution in [-0.2, 0) is 39.8 Å². The highest BCUT2D eigenvalue weighted by atomic mass is 127. The van der Waals surface area contributed by atoms with Gasteiger partial charge in [-0.1, -0.05) is 52.9 Å². The molecular weight excluding hydrogens is 491 g/mol. The van der Waals surface area contributed by atoms with Crippen LogP contribution in [0.5, 0.6) is 0 Å². The Labute approximate surface area is 188 Å². The van der Waals surface area contributed by atoms with Gasteiger partial charge in [-0.15, -0.1) is 0 Å². The van der Waals surface area contributed by atoms with Gasteiger partial charge in [0.2, 0.25) is 0 Å². The van der Waals surface area contributed by atoms with Gasteiger partial charge in [0.15, 0.2) is 0 Å². The molecule has 1 rings (SSSR count). The van der Waals surface area contributed by atoms with Crippen LogP contribution < -0.4 is 0 Å². The van der Waals surface area contributed by atoms with Crippen LogP contribution >= 0.6 is 22.6 Å². The lowest BCUT2D eigenvalue weighted by molar-refractivity contribution is -0.0207. The lowest BCUT2D eigenvalue weighted by Crippen LogP contribution is -2.14. The van der Waals surface area contributed by atoms with Gasteiger partial charge in [0.1, 0.15) is 0 Å². The molecular formula is C21H35IO7. The summed E-state index contributed by atoms with van der Waals surface area (Å²) in [7, 11) is 0. The molecule has 0 atom stereocenters. The third-order valence-corrected chi connectivity index (χ3v) is 4.01. The molecule has 0 amide bonds. The molecule has 168 valence electrons. The first-order valence-corrected chi connectivity index (χ1v) is 11.6. The fourth-order valence-electron chi connectivity index (χ4n) is 2.14. The molecule has 8 heteroatoms. The predicted octanol–water partition coefficient (Wildman–Crippen LogP) is 2.74. The van der Waals surface area contributed by atoms with Gasteiger partial charge < -0.3 is 33.2 Å². The molecule has 0 aliphatic heterocycles. The van der Waals surface area contributed by atoms with Crippen molar-refractivity contribution in [3.05, 3.63) is 35.9 Å². The van der Waals surface area contributed by atoms with Crippen molar-refractivity contribution in [1.82, 2.24) is 0 Å². The summed E-state index contributed by atoms with van der Waals surface area (Å²) in [6.07, 6.45) is 0. The SMILES string of the molecule is ICCOCCOCCOCCOCCOCCOCCOCc1ccccc1. The van der Waals surface area contributed by atoms with Gasteiger partial charge in [-0.05, 0) is 5.56 Å². The molecule has 0 spiro atoms. The molecule has 1 aromatic carbocycles. The quantitative estimate of drug-likeness (QED) is 0.131. The summed E-state index contributed by atoms with van der Waals surface area (Å²) < 4.78 is 39.0. The van der Waals surface area contributed by atoms with E-state index in [9.17, 15) is 0 Å². The van der Waals surface area contributed by atoms with Crippen LogP contribution in [0.15, 0.2) is 30.3 Å². The number of hydrogen-bond acceptors (Lipinski definition) is 7. The highest BCUT2D eigenvalue weighted by molar-refractivity contribution is 14.1. The summed E-state index contributed by atoms with van der Waals surface area (Å²) in [5.74, 6) is 0. The molecule has 7 nitrogen and oxygen atoms in total. The van der Waals surface area contributed by atoms with E-state index in [4.69, 9.17) is 33.2 Å². The summed E-state index contributed by atoms with van der Waals surface area (Å²) in [5.41, 5.74) is 1.17. The highest BCUT2D eigenvalue weighted by Gasteiger charge is 1.95. The van der Waals surface area contributed by atoms with E-state index in [1.807, 2.05) is 30.3 Å². The Morgan fingerprint density at radius 1 is 0.448 bits per heavy atom. The van der Waals surface area contributed by atoms with Gasteiger partial charge >= 0.3 is 0 Å². The Hall–Kier alpha value is -0.330. The molecule has 0 fully saturated rings. The summed E-state index contributed by atoms with van der Waals surface area (Å²) in [6, 6.07) is 10.1. The summed E-state index contributed by atoms with van der Waals surface area (Å²) >= 11 is 2.28. The Morgan fingerprint density at radius 2 is 0.793 bits per heavy atom. The minimum atomic E-state index is 0.550. The zero-order valence-electron chi connectivity index (χ0n) is 17.2. The molecule has 0 saturated carbocycles. The maximum Gasteiger partial charge on any atom is 0.0718 e. The molecule has 0 aliphatic carbocycles. The molecule has 0 bridgehead atoms. The first kappa shape index (κ1) is 26.7. The van der Waals surface area contributed by atoms with Crippen molar-refractivity contribution in [3.63, 3.8) is 0 Å². The molecule has 0 saturated heterocycles. The van der Waals surface area contributed by atoms with Gasteiger partial charge in [0.05, 0.1) is 92.5 Å². The minimum absolute atomic E-state index is 0.550. The molecule has 0 N–H and O–H groups in total. The van der Waals surface area contributed by atoms with Gasteiger partial charge in [-0.3, -0.25) is 0 Å². The smallest absolute Gasteiger partial charge is 0.0718 e. The van der Waals surface area contributed by atoms with Crippen LogP contribution in [0.25, 0.3) is 0 Å². The van der Waals surface area contributed by atoms with Crippen LogP contribution in [0, 0.1) is 0 Å². The number of alkyl halides is 1. The van der Waals surface area contributed by atoms with E-state index in [2.05, 4.69) is 22.6 Å². The van der Waals surface area contributed by atoms with Crippen LogP contribution in [0.1, 0.15) is 5.56 Å². The van der Waals surface area contributed by atoms with Crippen molar-refractivity contribution in [2.45, 2.75) is 6.61 Å². The van der Waals surface area contributed by atoms with Gasteiger partial charge in [0.25, 0.3) is 0 Å². The Morgan fingerprint density at radius 3 is 1.17 bits per heavy atom. The average Bonchev–Trinajstić information content (AvgIpc) is 2.75. The molecule has 0 radical (unpaired) electrons. The Balaban J connectivity index is 1.66. The van der Waals surface area contributed by atoms with Crippen LogP contribution in [0.4, 0.5) is 0 Å². The molecule has 0 heterocycles. The topological polar surface area (TPSA) is 64.6 Å². The number of rotatable bonds is 22. The monoisotopic (exact) mass is 526 g/mol. The van der Waals surface area contributed by atoms with Crippen LogP contribution in [0.2, 0.25) is 0 Å². The maximum absolute atomic E-state index is 5.54. The maximum atomic E-state index is 5.54. The largest absolute Gasteiger partial charge is 0.378 e. The van der Waals surface area contributed by atoms with Gasteiger partial charge in [-0.25, -0.2) is 0 Å². The fraction of sp³-hybridized carbons (Fsp3) is 0.714. The second-order valence-electron chi connectivity index (χ2n) is 5.90. The second kappa shape index (κ2) is 22.4. The van der Waals surface area contributed by atoms with Crippen LogP contribution in [0.3, 0.4) is 0 Å². The molecule has 0 aromatic heterocycles. The number of ether oxygens (including phenoxy) is 7. The molecule has 0 aliphatic rings. The van der Waals surface area contributed by atoms with Crippen molar-refractivity contribution in [2.75, 3.05) is 90.3 Å². The van der Waals surface area contributed by atoms with Gasteiger partial charge in [0, 0.05) is 4.43 Å². The lowest BCUT2D eigenvalue weighted by Gasteiger charge is -2.08. The summed E-state index contributed by atoms with van der Waals surface area (Å²) in [4.78, 5) is 0. The predicted molar refractivity (Wildman–Crippen MR) is 120 cm³/mol. The highest BCUT2D eigenvalue weighted by Crippen LogP contribution is 1.99. The van der Waals surface area contributed by atoms with Crippen molar-refractivity contribution in [2.24, 2.45) is 0 Å². The van der Waals surface area contributed by atoms with E-state index in [1.165, 1.54) is 5.56 Å². The Kier molecular flexibility index (Phi) is 20.6. The van der Waals surface area contributed by atoms with Crippen molar-refractivity contribution in [1.29, 1.82) is 0 Å². The van der Waals surface area contributed by atoms with Crippen molar-refractivity contribution >= 4 is 22.6 Å². The van der Waals surface area contributed by atoms with Crippen molar-refractivity contribution in [3.8, 4) is 0 Å². The summed E-state index contributed by atoms with van der Waals surface area (Å²) in [6.45, 7) is 8.25. The number of benzene rings is 1.